The van der Waals surface area contributed by atoms with Crippen LogP contribution in [-0.4, -0.2) is 42.6 Å². The van der Waals surface area contributed by atoms with E-state index in [1.807, 2.05) is 11.9 Å². The van der Waals surface area contributed by atoms with Gasteiger partial charge in [-0.3, -0.25) is 4.79 Å². The van der Waals surface area contributed by atoms with Crippen molar-refractivity contribution in [2.75, 3.05) is 13.7 Å². The second-order valence-corrected chi connectivity index (χ2v) is 5.71. The van der Waals surface area contributed by atoms with Gasteiger partial charge in [-0.05, 0) is 32.1 Å². The minimum absolute atomic E-state index is 0.133. The molecule has 0 aromatic heterocycles. The van der Waals surface area contributed by atoms with Crippen molar-refractivity contribution >= 4 is 5.91 Å². The number of nitrogens with zero attached hydrogens (tertiary/aromatic N) is 1. The van der Waals surface area contributed by atoms with Crippen LogP contribution in [0.3, 0.4) is 0 Å². The maximum absolute atomic E-state index is 12.2. The summed E-state index contributed by atoms with van der Waals surface area (Å²) in [5, 5.41) is 0. The number of carbonyl (C=O) groups excluding carboxylic acids is 1. The van der Waals surface area contributed by atoms with Gasteiger partial charge >= 0.3 is 0 Å². The molecule has 2 rings (SSSR count). The monoisotopic (exact) mass is 254 g/mol. The number of carbonyl (C=O) groups is 1. The molecule has 0 aromatic rings. The van der Waals surface area contributed by atoms with Crippen LogP contribution in [0, 0.1) is 0 Å². The number of hydrogen-bond donors (Lipinski definition) is 1. The Bertz CT molecular complexity index is 277. The Hall–Kier alpha value is -0.610. The fraction of sp³-hybridized carbons (Fsp3) is 0.929. The van der Waals surface area contributed by atoms with Crippen LogP contribution in [0.25, 0.3) is 0 Å². The molecule has 0 bridgehead atoms. The molecule has 4 nitrogen and oxygen atoms in total. The molecule has 1 aliphatic carbocycles. The topological polar surface area (TPSA) is 55.6 Å². The lowest BCUT2D eigenvalue weighted by Gasteiger charge is -2.36. The molecule has 0 aromatic carbocycles. The second-order valence-electron chi connectivity index (χ2n) is 5.71. The molecule has 1 saturated carbocycles. The van der Waals surface area contributed by atoms with E-state index in [0.717, 1.165) is 32.3 Å². The molecule has 2 aliphatic rings. The van der Waals surface area contributed by atoms with Crippen LogP contribution in [-0.2, 0) is 9.53 Å². The molecular weight excluding hydrogens is 228 g/mol. The first-order valence-corrected chi connectivity index (χ1v) is 7.31. The Morgan fingerprint density at radius 1 is 1.22 bits per heavy atom. The zero-order chi connectivity index (χ0) is 13.0. The molecule has 2 fully saturated rings. The van der Waals surface area contributed by atoms with Gasteiger partial charge < -0.3 is 15.4 Å². The average Bonchev–Trinajstić information content (AvgIpc) is 2.39. The molecule has 2 N–H and O–H groups in total. The second kappa shape index (κ2) is 6.53. The minimum Gasteiger partial charge on any atom is -0.378 e. The third-order valence-electron chi connectivity index (χ3n) is 4.35. The highest BCUT2D eigenvalue weighted by molar-refractivity contribution is 5.76. The molecule has 1 saturated heterocycles. The smallest absolute Gasteiger partial charge is 0.225 e. The van der Waals surface area contributed by atoms with Crippen molar-refractivity contribution in [2.45, 2.75) is 69.6 Å². The van der Waals surface area contributed by atoms with E-state index >= 15 is 0 Å². The van der Waals surface area contributed by atoms with Gasteiger partial charge in [-0.1, -0.05) is 12.8 Å². The van der Waals surface area contributed by atoms with Crippen LogP contribution in [0.15, 0.2) is 0 Å². The van der Waals surface area contributed by atoms with Crippen molar-refractivity contribution in [3.05, 3.63) is 0 Å². The number of ether oxygens (including phenoxy) is 1. The first kappa shape index (κ1) is 13.8. The fourth-order valence-electron chi connectivity index (χ4n) is 3.11. The van der Waals surface area contributed by atoms with Crippen molar-refractivity contribution < 1.29 is 9.53 Å². The summed E-state index contributed by atoms with van der Waals surface area (Å²) < 4.78 is 5.63. The lowest BCUT2D eigenvalue weighted by atomic mass is 9.90. The van der Waals surface area contributed by atoms with E-state index in [4.69, 9.17) is 10.5 Å². The van der Waals surface area contributed by atoms with Crippen molar-refractivity contribution in [3.63, 3.8) is 0 Å². The normalized spacial score (nSPS) is 33.1. The highest BCUT2D eigenvalue weighted by Gasteiger charge is 2.29. The molecule has 3 unspecified atom stereocenters. The Balaban J connectivity index is 1.83. The first-order chi connectivity index (χ1) is 8.68. The Kier molecular flexibility index (Phi) is 5.01. The fourth-order valence-corrected chi connectivity index (χ4v) is 3.11. The Morgan fingerprint density at radius 3 is 2.61 bits per heavy atom. The van der Waals surface area contributed by atoms with Gasteiger partial charge in [0.25, 0.3) is 0 Å². The molecule has 1 amide bonds. The van der Waals surface area contributed by atoms with Gasteiger partial charge in [0.1, 0.15) is 0 Å². The van der Waals surface area contributed by atoms with E-state index < -0.39 is 0 Å². The summed E-state index contributed by atoms with van der Waals surface area (Å²) in [4.78, 5) is 14.1. The lowest BCUT2D eigenvalue weighted by Crippen LogP contribution is -2.50. The quantitative estimate of drug-likeness (QED) is 0.833. The molecular formula is C14H26N2O2. The molecule has 3 atom stereocenters. The van der Waals surface area contributed by atoms with Gasteiger partial charge in [0.15, 0.2) is 0 Å². The summed E-state index contributed by atoms with van der Waals surface area (Å²) in [5.41, 5.74) is 6.13. The summed E-state index contributed by atoms with van der Waals surface area (Å²) in [6, 6.07) is 0.384. The van der Waals surface area contributed by atoms with E-state index in [-0.39, 0.29) is 24.1 Å². The minimum atomic E-state index is 0.133. The van der Waals surface area contributed by atoms with E-state index in [2.05, 4.69) is 0 Å². The van der Waals surface area contributed by atoms with Gasteiger partial charge in [-0.15, -0.1) is 0 Å². The summed E-state index contributed by atoms with van der Waals surface area (Å²) in [6.45, 7) is 0.810. The zero-order valence-electron chi connectivity index (χ0n) is 11.4. The van der Waals surface area contributed by atoms with Gasteiger partial charge in [-0.25, -0.2) is 0 Å². The maximum Gasteiger partial charge on any atom is 0.225 e. The van der Waals surface area contributed by atoms with Gasteiger partial charge in [0, 0.05) is 25.7 Å². The summed E-state index contributed by atoms with van der Waals surface area (Å²) in [5.74, 6) is 0.198. The lowest BCUT2D eigenvalue weighted by molar-refractivity contribution is -0.136. The van der Waals surface area contributed by atoms with Gasteiger partial charge in [-0.2, -0.15) is 0 Å². The van der Waals surface area contributed by atoms with Crippen LogP contribution in [0.2, 0.25) is 0 Å². The van der Waals surface area contributed by atoms with Crippen molar-refractivity contribution in [1.82, 2.24) is 4.90 Å². The first-order valence-electron chi connectivity index (χ1n) is 7.31. The largest absolute Gasteiger partial charge is 0.378 e. The standard InChI is InChI=1S/C14H26N2O2/c1-16(13-8-3-2-7-12(13)15)14(17)10-11-6-4-5-9-18-11/h11-13H,2-10,15H2,1H3. The Morgan fingerprint density at radius 2 is 1.94 bits per heavy atom. The zero-order valence-corrected chi connectivity index (χ0v) is 11.4. The maximum atomic E-state index is 12.2. The SMILES string of the molecule is CN(C(=O)CC1CCCCO1)C1CCCCC1N. The Labute approximate surface area is 110 Å². The number of amides is 1. The molecule has 18 heavy (non-hydrogen) atoms. The summed E-state index contributed by atoms with van der Waals surface area (Å²) in [7, 11) is 1.90. The van der Waals surface area contributed by atoms with Gasteiger partial charge in [0.05, 0.1) is 12.5 Å². The molecule has 104 valence electrons. The van der Waals surface area contributed by atoms with E-state index in [9.17, 15) is 4.79 Å². The summed E-state index contributed by atoms with van der Waals surface area (Å²) >= 11 is 0. The summed E-state index contributed by atoms with van der Waals surface area (Å²) in [6.07, 6.45) is 8.49. The predicted octanol–water partition coefficient (Wildman–Crippen LogP) is 1.67. The third-order valence-corrected chi connectivity index (χ3v) is 4.35. The van der Waals surface area contributed by atoms with Crippen LogP contribution >= 0.6 is 0 Å². The van der Waals surface area contributed by atoms with Crippen molar-refractivity contribution in [3.8, 4) is 0 Å². The van der Waals surface area contributed by atoms with Crippen LogP contribution in [0.5, 0.6) is 0 Å². The predicted molar refractivity (Wildman–Crippen MR) is 71.2 cm³/mol. The van der Waals surface area contributed by atoms with Crippen LogP contribution in [0.4, 0.5) is 0 Å². The van der Waals surface area contributed by atoms with Crippen molar-refractivity contribution in [1.29, 1.82) is 0 Å². The third kappa shape index (κ3) is 3.45. The number of nitrogens with two attached hydrogens (primary N) is 1. The highest BCUT2D eigenvalue weighted by atomic mass is 16.5. The molecule has 0 radical (unpaired) electrons. The van der Waals surface area contributed by atoms with E-state index in [1.165, 1.54) is 19.3 Å². The van der Waals surface area contributed by atoms with E-state index in [0.29, 0.717) is 6.42 Å². The molecule has 1 aliphatic heterocycles. The number of rotatable bonds is 3. The average molecular weight is 254 g/mol. The molecule has 0 spiro atoms. The van der Waals surface area contributed by atoms with Crippen LogP contribution < -0.4 is 5.73 Å². The number of hydrogen-bond acceptors (Lipinski definition) is 3. The number of likely N-dealkylation sites (N-methyl/N-ethyl adjacent to an activating group) is 1. The van der Waals surface area contributed by atoms with Crippen molar-refractivity contribution in [2.24, 2.45) is 5.73 Å². The van der Waals surface area contributed by atoms with Crippen LogP contribution in [0.1, 0.15) is 51.4 Å². The van der Waals surface area contributed by atoms with Gasteiger partial charge in [0.2, 0.25) is 5.91 Å². The highest BCUT2D eigenvalue weighted by Crippen LogP contribution is 2.23. The van der Waals surface area contributed by atoms with E-state index in [1.54, 1.807) is 0 Å². The molecule has 1 heterocycles. The molecule has 4 heteroatoms.